The van der Waals surface area contributed by atoms with Gasteiger partial charge in [0.15, 0.2) is 0 Å². The van der Waals surface area contributed by atoms with Crippen molar-refractivity contribution >= 4 is 23.1 Å². The summed E-state index contributed by atoms with van der Waals surface area (Å²) < 4.78 is 1.88. The quantitative estimate of drug-likeness (QED) is 0.594. The Kier molecular flexibility index (Phi) is 4.53. The number of amides is 1. The summed E-state index contributed by atoms with van der Waals surface area (Å²) in [5.41, 5.74) is 3.57. The Morgan fingerprint density at radius 1 is 1.07 bits per heavy atom. The van der Waals surface area contributed by atoms with Gasteiger partial charge in [0.1, 0.15) is 0 Å². The van der Waals surface area contributed by atoms with Crippen LogP contribution in [0.2, 0.25) is 0 Å². The monoisotopic (exact) mass is 357 g/mol. The number of rotatable bonds is 5. The Bertz CT molecular complexity index is 1020. The minimum Gasteiger partial charge on any atom is -0.365 e. The average molecular weight is 357 g/mol. The molecule has 1 N–H and O–H groups in total. The van der Waals surface area contributed by atoms with Crippen LogP contribution < -0.4 is 10.2 Å². The van der Waals surface area contributed by atoms with Gasteiger partial charge in [0, 0.05) is 42.6 Å². The van der Waals surface area contributed by atoms with Gasteiger partial charge in [0.25, 0.3) is 0 Å². The molecular weight excluding hydrogens is 338 g/mol. The molecule has 0 saturated heterocycles. The highest BCUT2D eigenvalue weighted by atomic mass is 16.2. The molecule has 27 heavy (non-hydrogen) atoms. The molecule has 0 aliphatic carbocycles. The van der Waals surface area contributed by atoms with E-state index in [4.69, 9.17) is 0 Å². The maximum atomic E-state index is 12.3. The van der Waals surface area contributed by atoms with E-state index in [9.17, 15) is 4.79 Å². The minimum absolute atomic E-state index is 0.0639. The molecule has 1 amide bonds. The number of benzene rings is 2. The second-order valence-electron chi connectivity index (χ2n) is 6.27. The molecule has 4 aromatic rings. The van der Waals surface area contributed by atoms with E-state index in [2.05, 4.69) is 15.3 Å². The lowest BCUT2D eigenvalue weighted by Gasteiger charge is -2.18. The largest absolute Gasteiger partial charge is 0.365 e. The van der Waals surface area contributed by atoms with Gasteiger partial charge in [-0.2, -0.15) is 0 Å². The van der Waals surface area contributed by atoms with E-state index >= 15 is 0 Å². The summed E-state index contributed by atoms with van der Waals surface area (Å²) in [6.07, 6.45) is 5.57. The van der Waals surface area contributed by atoms with Crippen molar-refractivity contribution in [3.05, 3.63) is 79.3 Å². The summed E-state index contributed by atoms with van der Waals surface area (Å²) in [6, 6.07) is 19.3. The molecule has 2 aromatic heterocycles. The van der Waals surface area contributed by atoms with Crippen molar-refractivity contribution < 1.29 is 4.79 Å². The maximum absolute atomic E-state index is 12.3. The molecule has 0 spiro atoms. The molecule has 0 radical (unpaired) electrons. The number of fused-ring (bicyclic) bond motifs is 1. The predicted molar refractivity (Wildman–Crippen MR) is 107 cm³/mol. The Morgan fingerprint density at radius 2 is 1.85 bits per heavy atom. The third-order valence-corrected chi connectivity index (χ3v) is 4.28. The van der Waals surface area contributed by atoms with Crippen LogP contribution in [0.15, 0.2) is 79.3 Å². The highest BCUT2D eigenvalue weighted by Crippen LogP contribution is 2.21. The van der Waals surface area contributed by atoms with Gasteiger partial charge >= 0.3 is 0 Å². The van der Waals surface area contributed by atoms with Crippen molar-refractivity contribution in [1.82, 2.24) is 14.4 Å². The smallest absolute Gasteiger partial charge is 0.243 e. The van der Waals surface area contributed by atoms with Crippen LogP contribution in [0.3, 0.4) is 0 Å². The number of imidazole rings is 1. The fourth-order valence-corrected chi connectivity index (χ4v) is 2.88. The normalized spacial score (nSPS) is 10.7. The first-order chi connectivity index (χ1) is 13.2. The van der Waals surface area contributed by atoms with E-state index < -0.39 is 0 Å². The number of carbonyl (C=O) groups excluding carboxylic acids is 1. The second kappa shape index (κ2) is 7.29. The first-order valence-corrected chi connectivity index (χ1v) is 8.65. The van der Waals surface area contributed by atoms with Crippen molar-refractivity contribution in [2.75, 3.05) is 23.8 Å². The third-order valence-electron chi connectivity index (χ3n) is 4.28. The van der Waals surface area contributed by atoms with E-state index in [-0.39, 0.29) is 12.5 Å². The molecule has 0 aliphatic heterocycles. The predicted octanol–water partition coefficient (Wildman–Crippen LogP) is 3.47. The molecule has 0 unspecified atom stereocenters. The van der Waals surface area contributed by atoms with E-state index in [1.165, 1.54) is 0 Å². The Labute approximate surface area is 157 Å². The number of anilines is 2. The highest BCUT2D eigenvalue weighted by molar-refractivity contribution is 5.94. The number of aromatic nitrogens is 3. The van der Waals surface area contributed by atoms with Crippen LogP contribution in [0.5, 0.6) is 0 Å². The lowest BCUT2D eigenvalue weighted by Crippen LogP contribution is -2.29. The van der Waals surface area contributed by atoms with Gasteiger partial charge < -0.3 is 10.2 Å². The van der Waals surface area contributed by atoms with Crippen molar-refractivity contribution in [1.29, 1.82) is 0 Å². The summed E-state index contributed by atoms with van der Waals surface area (Å²) in [5.74, 6) is 0.597. The first kappa shape index (κ1) is 16.8. The molecule has 0 saturated carbocycles. The molecule has 0 aliphatic rings. The SMILES string of the molecule is CN(CC(=O)Nc1ccc(-c2cn3cccnc3n2)cc1)c1ccccc1. The Hall–Kier alpha value is -3.67. The summed E-state index contributed by atoms with van der Waals surface area (Å²) in [7, 11) is 1.90. The van der Waals surface area contributed by atoms with Crippen LogP contribution in [-0.4, -0.2) is 33.9 Å². The number of nitrogens with one attached hydrogen (secondary N) is 1. The van der Waals surface area contributed by atoms with E-state index in [1.807, 2.05) is 89.4 Å². The maximum Gasteiger partial charge on any atom is 0.243 e. The first-order valence-electron chi connectivity index (χ1n) is 8.65. The van der Waals surface area contributed by atoms with Crippen molar-refractivity contribution in [3.8, 4) is 11.3 Å². The number of hydrogen-bond donors (Lipinski definition) is 1. The zero-order valence-electron chi connectivity index (χ0n) is 14.9. The van der Waals surface area contributed by atoms with E-state index in [0.29, 0.717) is 5.78 Å². The fraction of sp³-hybridized carbons (Fsp3) is 0.0952. The van der Waals surface area contributed by atoms with Gasteiger partial charge in [-0.05, 0) is 30.3 Å². The Morgan fingerprint density at radius 3 is 2.59 bits per heavy atom. The number of likely N-dealkylation sites (N-methyl/N-ethyl adjacent to an activating group) is 1. The summed E-state index contributed by atoms with van der Waals surface area (Å²) in [4.78, 5) is 22.9. The Balaban J connectivity index is 1.42. The number of carbonyl (C=O) groups is 1. The topological polar surface area (TPSA) is 62.5 Å². The zero-order valence-corrected chi connectivity index (χ0v) is 14.9. The van der Waals surface area contributed by atoms with Gasteiger partial charge in [0.05, 0.1) is 12.2 Å². The van der Waals surface area contributed by atoms with Crippen LogP contribution >= 0.6 is 0 Å². The van der Waals surface area contributed by atoms with Crippen LogP contribution in [0, 0.1) is 0 Å². The molecule has 0 bridgehead atoms. The molecule has 0 atom stereocenters. The molecule has 2 aromatic carbocycles. The molecule has 134 valence electrons. The fourth-order valence-electron chi connectivity index (χ4n) is 2.88. The third kappa shape index (κ3) is 3.79. The van der Waals surface area contributed by atoms with Crippen LogP contribution in [0.25, 0.3) is 17.0 Å². The van der Waals surface area contributed by atoms with Gasteiger partial charge in [-0.15, -0.1) is 0 Å². The number of para-hydroxylation sites is 1. The van der Waals surface area contributed by atoms with Crippen LogP contribution in [0.4, 0.5) is 11.4 Å². The minimum atomic E-state index is -0.0639. The van der Waals surface area contributed by atoms with Crippen LogP contribution in [0.1, 0.15) is 0 Å². The standard InChI is InChI=1S/C21H19N5O/c1-25(18-6-3-2-4-7-18)15-20(27)23-17-10-8-16(9-11-17)19-14-26-13-5-12-22-21(26)24-19/h2-14H,15H2,1H3,(H,23,27). The molecule has 6 nitrogen and oxygen atoms in total. The van der Waals surface area contributed by atoms with Crippen LogP contribution in [-0.2, 0) is 4.79 Å². The number of hydrogen-bond acceptors (Lipinski definition) is 4. The van der Waals surface area contributed by atoms with Gasteiger partial charge in [0.2, 0.25) is 11.7 Å². The van der Waals surface area contributed by atoms with Crippen molar-refractivity contribution in [2.45, 2.75) is 0 Å². The van der Waals surface area contributed by atoms with Gasteiger partial charge in [-0.25, -0.2) is 9.97 Å². The summed E-state index contributed by atoms with van der Waals surface area (Å²) in [6.45, 7) is 0.282. The molecule has 0 fully saturated rings. The highest BCUT2D eigenvalue weighted by Gasteiger charge is 2.09. The summed E-state index contributed by atoms with van der Waals surface area (Å²) in [5, 5.41) is 2.93. The number of nitrogens with zero attached hydrogens (tertiary/aromatic N) is 4. The molecular formula is C21H19N5O. The van der Waals surface area contributed by atoms with E-state index in [0.717, 1.165) is 22.6 Å². The lowest BCUT2D eigenvalue weighted by molar-refractivity contribution is -0.114. The molecule has 2 heterocycles. The zero-order chi connectivity index (χ0) is 18.6. The van der Waals surface area contributed by atoms with Crippen molar-refractivity contribution in [2.24, 2.45) is 0 Å². The average Bonchev–Trinajstić information content (AvgIpc) is 3.13. The van der Waals surface area contributed by atoms with Crippen molar-refractivity contribution in [3.63, 3.8) is 0 Å². The summed E-state index contributed by atoms with van der Waals surface area (Å²) >= 11 is 0. The van der Waals surface area contributed by atoms with Gasteiger partial charge in [-0.1, -0.05) is 30.3 Å². The van der Waals surface area contributed by atoms with E-state index in [1.54, 1.807) is 6.20 Å². The van der Waals surface area contributed by atoms with Gasteiger partial charge in [-0.3, -0.25) is 9.20 Å². The molecule has 4 rings (SSSR count). The second-order valence-corrected chi connectivity index (χ2v) is 6.27. The lowest BCUT2D eigenvalue weighted by atomic mass is 10.1. The molecule has 6 heteroatoms.